The summed E-state index contributed by atoms with van der Waals surface area (Å²) in [4.78, 5) is 21.5. The molecule has 9 heteroatoms. The van der Waals surface area contributed by atoms with Crippen molar-refractivity contribution < 1.29 is 19.4 Å². The first-order valence-corrected chi connectivity index (χ1v) is 10.3. The lowest BCUT2D eigenvalue weighted by atomic mass is 10.1. The minimum atomic E-state index is -0.881. The highest BCUT2D eigenvalue weighted by atomic mass is 79.9. The zero-order valence-corrected chi connectivity index (χ0v) is 17.9. The number of piperidine rings is 1. The fourth-order valence-corrected chi connectivity index (χ4v) is 3.81. The van der Waals surface area contributed by atoms with E-state index in [-0.39, 0.29) is 6.10 Å². The van der Waals surface area contributed by atoms with E-state index in [9.17, 15) is 4.79 Å². The monoisotopic (exact) mass is 472 g/mol. The lowest BCUT2D eigenvalue weighted by molar-refractivity contribution is 0.0891. The third-order valence-corrected chi connectivity index (χ3v) is 5.59. The third-order valence-electron chi connectivity index (χ3n) is 4.97. The Kier molecular flexibility index (Phi) is 5.89. The summed E-state index contributed by atoms with van der Waals surface area (Å²) < 4.78 is 12.2. The average Bonchev–Trinajstić information content (AvgIpc) is 2.75. The van der Waals surface area contributed by atoms with Gasteiger partial charge in [-0.05, 0) is 34.1 Å². The van der Waals surface area contributed by atoms with E-state index in [1.54, 1.807) is 13.3 Å². The molecule has 0 unspecified atom stereocenters. The van der Waals surface area contributed by atoms with E-state index >= 15 is 0 Å². The van der Waals surface area contributed by atoms with Crippen LogP contribution in [0.15, 0.2) is 47.1 Å². The van der Waals surface area contributed by atoms with Gasteiger partial charge in [0.25, 0.3) is 0 Å². The highest BCUT2D eigenvalue weighted by Crippen LogP contribution is 2.32. The van der Waals surface area contributed by atoms with Gasteiger partial charge in [-0.1, -0.05) is 6.07 Å². The smallest absolute Gasteiger partial charge is 0.407 e. The molecule has 1 fully saturated rings. The van der Waals surface area contributed by atoms with Crippen LogP contribution in [-0.4, -0.2) is 52.4 Å². The molecule has 0 radical (unpaired) electrons. The number of likely N-dealkylation sites (tertiary alicyclic amines) is 1. The van der Waals surface area contributed by atoms with Gasteiger partial charge in [0.2, 0.25) is 5.95 Å². The molecular formula is C21H21BrN4O4. The van der Waals surface area contributed by atoms with Crippen molar-refractivity contribution in [3.8, 4) is 11.5 Å². The Morgan fingerprint density at radius 1 is 1.27 bits per heavy atom. The lowest BCUT2D eigenvalue weighted by Crippen LogP contribution is -2.41. The van der Waals surface area contributed by atoms with Crippen LogP contribution < -0.4 is 14.8 Å². The number of ether oxygens (including phenoxy) is 2. The van der Waals surface area contributed by atoms with Gasteiger partial charge in [-0.3, -0.25) is 0 Å². The first-order chi connectivity index (χ1) is 14.5. The molecule has 1 aromatic heterocycles. The first-order valence-electron chi connectivity index (χ1n) is 9.54. The second-order valence-electron chi connectivity index (χ2n) is 6.98. The van der Waals surface area contributed by atoms with Crippen molar-refractivity contribution in [2.75, 3.05) is 25.5 Å². The number of nitrogens with zero attached hydrogens (tertiary/aromatic N) is 3. The predicted molar refractivity (Wildman–Crippen MR) is 117 cm³/mol. The minimum absolute atomic E-state index is 0.0365. The van der Waals surface area contributed by atoms with Crippen LogP contribution in [0.25, 0.3) is 10.9 Å². The summed E-state index contributed by atoms with van der Waals surface area (Å²) in [6, 6.07) is 11.3. The topological polar surface area (TPSA) is 96.8 Å². The summed E-state index contributed by atoms with van der Waals surface area (Å²) in [5, 5.41) is 13.2. The first kappa shape index (κ1) is 20.2. The maximum absolute atomic E-state index is 11.1. The van der Waals surface area contributed by atoms with Crippen LogP contribution in [0.5, 0.6) is 11.5 Å². The number of fused-ring (bicyclic) bond motifs is 1. The highest BCUT2D eigenvalue weighted by Gasteiger charge is 2.24. The standard InChI is InChI=1S/C21H21BrN4O4/c1-29-16-4-2-3-14(10-16)24-20-23-12-13-9-17(22)19(11-18(13)25-20)30-15-5-7-26(8-6-15)21(27)28/h2-4,9-12,15H,5-8H2,1H3,(H,27,28)(H,23,24,25). The zero-order chi connectivity index (χ0) is 21.1. The van der Waals surface area contributed by atoms with E-state index in [1.807, 2.05) is 36.4 Å². The molecule has 1 saturated heterocycles. The molecule has 1 amide bonds. The van der Waals surface area contributed by atoms with Gasteiger partial charge in [0.15, 0.2) is 0 Å². The van der Waals surface area contributed by atoms with Crippen molar-refractivity contribution in [3.05, 3.63) is 47.1 Å². The maximum atomic E-state index is 11.1. The maximum Gasteiger partial charge on any atom is 0.407 e. The van der Waals surface area contributed by atoms with Crippen LogP contribution in [0.3, 0.4) is 0 Å². The largest absolute Gasteiger partial charge is 0.497 e. The lowest BCUT2D eigenvalue weighted by Gasteiger charge is -2.30. The summed E-state index contributed by atoms with van der Waals surface area (Å²) in [6.07, 6.45) is 2.15. The molecule has 30 heavy (non-hydrogen) atoms. The van der Waals surface area contributed by atoms with Gasteiger partial charge < -0.3 is 24.8 Å². The number of aromatic nitrogens is 2. The summed E-state index contributed by atoms with van der Waals surface area (Å²) in [6.45, 7) is 0.948. The molecule has 1 aliphatic heterocycles. The zero-order valence-electron chi connectivity index (χ0n) is 16.3. The highest BCUT2D eigenvalue weighted by molar-refractivity contribution is 9.10. The number of nitrogens with one attached hydrogen (secondary N) is 1. The molecule has 1 aliphatic rings. The predicted octanol–water partition coefficient (Wildman–Crippen LogP) is 4.67. The normalized spacial score (nSPS) is 14.5. The van der Waals surface area contributed by atoms with Gasteiger partial charge in [0.1, 0.15) is 17.6 Å². The van der Waals surface area contributed by atoms with Crippen molar-refractivity contribution in [1.82, 2.24) is 14.9 Å². The number of carbonyl (C=O) groups is 1. The molecule has 3 aromatic rings. The van der Waals surface area contributed by atoms with Crippen molar-refractivity contribution in [2.45, 2.75) is 18.9 Å². The number of halogens is 1. The Hall–Kier alpha value is -3.07. The van der Waals surface area contributed by atoms with E-state index in [4.69, 9.17) is 14.6 Å². The molecule has 2 N–H and O–H groups in total. The van der Waals surface area contributed by atoms with Crippen LogP contribution in [-0.2, 0) is 0 Å². The Balaban J connectivity index is 1.52. The quantitative estimate of drug-likeness (QED) is 0.556. The third kappa shape index (κ3) is 4.56. The number of hydrogen-bond donors (Lipinski definition) is 2. The molecule has 156 valence electrons. The van der Waals surface area contributed by atoms with Crippen LogP contribution in [0.4, 0.5) is 16.4 Å². The van der Waals surface area contributed by atoms with E-state index < -0.39 is 6.09 Å². The second kappa shape index (κ2) is 8.74. The fourth-order valence-electron chi connectivity index (χ4n) is 3.36. The summed E-state index contributed by atoms with van der Waals surface area (Å²) in [7, 11) is 1.62. The molecule has 0 bridgehead atoms. The van der Waals surface area contributed by atoms with Crippen LogP contribution in [0, 0.1) is 0 Å². The number of carboxylic acid groups (broad SMARTS) is 1. The van der Waals surface area contributed by atoms with Gasteiger partial charge in [0, 0.05) is 55.3 Å². The molecule has 4 rings (SSSR count). The Morgan fingerprint density at radius 2 is 2.07 bits per heavy atom. The van der Waals surface area contributed by atoms with Gasteiger partial charge in [-0.2, -0.15) is 0 Å². The molecule has 2 heterocycles. The van der Waals surface area contributed by atoms with Crippen LogP contribution >= 0.6 is 15.9 Å². The summed E-state index contributed by atoms with van der Waals surface area (Å²) >= 11 is 3.55. The Morgan fingerprint density at radius 3 is 2.80 bits per heavy atom. The second-order valence-corrected chi connectivity index (χ2v) is 7.83. The van der Waals surface area contributed by atoms with E-state index in [0.717, 1.165) is 26.8 Å². The number of benzene rings is 2. The number of amides is 1. The Bertz CT molecular complexity index is 1070. The molecule has 2 aromatic carbocycles. The minimum Gasteiger partial charge on any atom is -0.497 e. The van der Waals surface area contributed by atoms with Crippen molar-refractivity contribution in [3.63, 3.8) is 0 Å². The van der Waals surface area contributed by atoms with Crippen molar-refractivity contribution in [1.29, 1.82) is 0 Å². The van der Waals surface area contributed by atoms with Gasteiger partial charge in [-0.15, -0.1) is 0 Å². The number of anilines is 2. The SMILES string of the molecule is COc1cccc(Nc2ncc3cc(Br)c(OC4CCN(C(=O)O)CC4)cc3n2)c1. The molecular weight excluding hydrogens is 452 g/mol. The fraction of sp³-hybridized carbons (Fsp3) is 0.286. The van der Waals surface area contributed by atoms with E-state index in [1.165, 1.54) is 4.90 Å². The van der Waals surface area contributed by atoms with Gasteiger partial charge >= 0.3 is 6.09 Å². The number of hydrogen-bond acceptors (Lipinski definition) is 6. The molecule has 0 spiro atoms. The number of methoxy groups -OCH3 is 1. The average molecular weight is 473 g/mol. The van der Waals surface area contributed by atoms with Gasteiger partial charge in [0.05, 0.1) is 17.1 Å². The number of rotatable bonds is 5. The molecule has 0 atom stereocenters. The summed E-state index contributed by atoms with van der Waals surface area (Å²) in [5.74, 6) is 1.90. The Labute approximate surface area is 182 Å². The van der Waals surface area contributed by atoms with Crippen molar-refractivity contribution in [2.24, 2.45) is 0 Å². The van der Waals surface area contributed by atoms with E-state index in [0.29, 0.717) is 37.6 Å². The molecule has 0 saturated carbocycles. The molecule has 8 nitrogen and oxygen atoms in total. The van der Waals surface area contributed by atoms with Crippen molar-refractivity contribution >= 4 is 44.6 Å². The molecule has 0 aliphatic carbocycles. The summed E-state index contributed by atoms with van der Waals surface area (Å²) in [5.41, 5.74) is 1.57. The van der Waals surface area contributed by atoms with Crippen LogP contribution in [0.2, 0.25) is 0 Å². The van der Waals surface area contributed by atoms with Gasteiger partial charge in [-0.25, -0.2) is 14.8 Å². The van der Waals surface area contributed by atoms with Crippen LogP contribution in [0.1, 0.15) is 12.8 Å². The van der Waals surface area contributed by atoms with E-state index in [2.05, 4.69) is 31.2 Å².